The number of nitrogens with zero attached hydrogens (tertiary/aromatic N) is 3. The number of para-hydroxylation sites is 1. The molecule has 2 rings (SSSR count). The van der Waals surface area contributed by atoms with Gasteiger partial charge in [0.1, 0.15) is 0 Å². The third-order valence-corrected chi connectivity index (χ3v) is 3.07. The van der Waals surface area contributed by atoms with Crippen molar-refractivity contribution in [2.24, 2.45) is 0 Å². The highest BCUT2D eigenvalue weighted by Crippen LogP contribution is 2.22. The summed E-state index contributed by atoms with van der Waals surface area (Å²) in [5.41, 5.74) is 1.82. The fourth-order valence-corrected chi connectivity index (χ4v) is 2.00. The summed E-state index contributed by atoms with van der Waals surface area (Å²) in [6.07, 6.45) is 3.89. The smallest absolute Gasteiger partial charge is 0.0979 e. The number of hydrogen-bond donors (Lipinski definition) is 0. The van der Waals surface area contributed by atoms with Crippen molar-refractivity contribution in [2.75, 3.05) is 6.26 Å². The quantitative estimate of drug-likeness (QED) is 0.610. The maximum atomic E-state index is 5.68. The Kier molecular flexibility index (Phi) is 3.28. The summed E-state index contributed by atoms with van der Waals surface area (Å²) in [7, 11) is 0. The predicted octanol–water partition coefficient (Wildman–Crippen LogP) is 2.73. The molecule has 1 heterocycles. The summed E-state index contributed by atoms with van der Waals surface area (Å²) >= 11 is 7.37. The molecule has 0 bridgehead atoms. The highest BCUT2D eigenvalue weighted by molar-refractivity contribution is 7.98. The molecule has 0 aliphatic rings. The molecule has 0 saturated carbocycles. The van der Waals surface area contributed by atoms with Gasteiger partial charge in [-0.25, -0.2) is 4.68 Å². The lowest BCUT2D eigenvalue weighted by Gasteiger charge is -2.04. The maximum absolute atomic E-state index is 5.68. The molecule has 0 unspecified atom stereocenters. The van der Waals surface area contributed by atoms with Gasteiger partial charge in [0.05, 0.1) is 23.5 Å². The van der Waals surface area contributed by atoms with Gasteiger partial charge in [-0.3, -0.25) is 0 Å². The third-order valence-electron chi connectivity index (χ3n) is 2.01. The van der Waals surface area contributed by atoms with Crippen LogP contribution in [0.4, 0.5) is 0 Å². The SMILES string of the molecule is CSc1ccccc1-n1cc(CCl)nn1. The molecule has 0 atom stereocenters. The Hall–Kier alpha value is -1.00. The van der Waals surface area contributed by atoms with Crippen molar-refractivity contribution in [3.05, 3.63) is 36.2 Å². The van der Waals surface area contributed by atoms with E-state index in [-0.39, 0.29) is 0 Å². The number of benzene rings is 1. The first-order valence-electron chi connectivity index (χ1n) is 4.45. The van der Waals surface area contributed by atoms with Crippen molar-refractivity contribution in [1.82, 2.24) is 15.0 Å². The second kappa shape index (κ2) is 4.68. The molecule has 78 valence electrons. The average Bonchev–Trinajstić information content (AvgIpc) is 2.77. The normalized spacial score (nSPS) is 10.5. The fraction of sp³-hybridized carbons (Fsp3) is 0.200. The molecule has 1 aromatic heterocycles. The highest BCUT2D eigenvalue weighted by Gasteiger charge is 2.05. The molecule has 1 aromatic carbocycles. The van der Waals surface area contributed by atoms with E-state index in [0.29, 0.717) is 5.88 Å². The van der Waals surface area contributed by atoms with Gasteiger partial charge >= 0.3 is 0 Å². The second-order valence-electron chi connectivity index (χ2n) is 2.96. The molecule has 0 amide bonds. The van der Waals surface area contributed by atoms with E-state index < -0.39 is 0 Å². The summed E-state index contributed by atoms with van der Waals surface area (Å²) in [6.45, 7) is 0. The van der Waals surface area contributed by atoms with Crippen molar-refractivity contribution in [3.63, 3.8) is 0 Å². The zero-order chi connectivity index (χ0) is 10.7. The summed E-state index contributed by atoms with van der Waals surface area (Å²) < 4.78 is 1.75. The Bertz CT molecular complexity index is 455. The van der Waals surface area contributed by atoms with E-state index in [9.17, 15) is 0 Å². The van der Waals surface area contributed by atoms with Gasteiger partial charge < -0.3 is 0 Å². The van der Waals surface area contributed by atoms with E-state index in [1.165, 1.54) is 4.90 Å². The molecule has 2 aromatic rings. The largest absolute Gasteiger partial charge is 0.219 e. The van der Waals surface area contributed by atoms with Crippen LogP contribution in [0.3, 0.4) is 0 Å². The molecule has 0 aliphatic carbocycles. The van der Waals surface area contributed by atoms with E-state index >= 15 is 0 Å². The molecule has 0 spiro atoms. The van der Waals surface area contributed by atoms with E-state index in [1.54, 1.807) is 16.4 Å². The van der Waals surface area contributed by atoms with Gasteiger partial charge in [0, 0.05) is 4.90 Å². The van der Waals surface area contributed by atoms with Crippen LogP contribution in [0.25, 0.3) is 5.69 Å². The average molecular weight is 240 g/mol. The monoisotopic (exact) mass is 239 g/mol. The van der Waals surface area contributed by atoms with Crippen molar-refractivity contribution < 1.29 is 0 Å². The standard InChI is InChI=1S/C10H10ClN3S/c1-15-10-5-3-2-4-9(10)14-7-8(6-11)12-13-14/h2-5,7H,6H2,1H3. The van der Waals surface area contributed by atoms with Crippen molar-refractivity contribution in [1.29, 1.82) is 0 Å². The summed E-state index contributed by atoms with van der Waals surface area (Å²) in [5.74, 6) is 0.390. The molecule has 0 fully saturated rings. The van der Waals surface area contributed by atoms with E-state index in [2.05, 4.69) is 16.4 Å². The van der Waals surface area contributed by atoms with E-state index in [4.69, 9.17) is 11.6 Å². The number of hydrogen-bond acceptors (Lipinski definition) is 3. The molecular formula is C10H10ClN3S. The minimum atomic E-state index is 0.390. The van der Waals surface area contributed by atoms with Crippen LogP contribution in [-0.2, 0) is 5.88 Å². The molecule has 0 radical (unpaired) electrons. The first kappa shape index (κ1) is 10.5. The number of thioether (sulfide) groups is 1. The van der Waals surface area contributed by atoms with Crippen LogP contribution >= 0.6 is 23.4 Å². The minimum Gasteiger partial charge on any atom is -0.219 e. The summed E-state index contributed by atoms with van der Waals surface area (Å²) in [6, 6.07) is 8.06. The minimum absolute atomic E-state index is 0.390. The lowest BCUT2D eigenvalue weighted by atomic mass is 10.3. The first-order valence-corrected chi connectivity index (χ1v) is 6.21. The van der Waals surface area contributed by atoms with Gasteiger partial charge in [0.2, 0.25) is 0 Å². The maximum Gasteiger partial charge on any atom is 0.0979 e. The van der Waals surface area contributed by atoms with Gasteiger partial charge in [-0.2, -0.15) is 0 Å². The third kappa shape index (κ3) is 2.16. The topological polar surface area (TPSA) is 30.7 Å². The van der Waals surface area contributed by atoms with Crippen LogP contribution in [-0.4, -0.2) is 21.2 Å². The zero-order valence-corrected chi connectivity index (χ0v) is 9.79. The fourth-order valence-electron chi connectivity index (χ4n) is 1.30. The van der Waals surface area contributed by atoms with Crippen molar-refractivity contribution in [2.45, 2.75) is 10.8 Å². The van der Waals surface area contributed by atoms with Crippen molar-refractivity contribution >= 4 is 23.4 Å². The number of alkyl halides is 1. The highest BCUT2D eigenvalue weighted by atomic mass is 35.5. The number of aromatic nitrogens is 3. The first-order chi connectivity index (χ1) is 7.35. The van der Waals surface area contributed by atoms with Crippen LogP contribution in [0.2, 0.25) is 0 Å². The molecule has 0 aliphatic heterocycles. The van der Waals surface area contributed by atoms with Gasteiger partial charge in [-0.1, -0.05) is 17.3 Å². The molecule has 0 N–H and O–H groups in total. The predicted molar refractivity (Wildman–Crippen MR) is 62.7 cm³/mol. The summed E-state index contributed by atoms with van der Waals surface area (Å²) in [5, 5.41) is 7.99. The van der Waals surface area contributed by atoms with Crippen LogP contribution in [0.1, 0.15) is 5.69 Å². The van der Waals surface area contributed by atoms with Crippen LogP contribution in [0.15, 0.2) is 35.4 Å². The lowest BCUT2D eigenvalue weighted by molar-refractivity contribution is 0.789. The van der Waals surface area contributed by atoms with Gasteiger partial charge in [-0.05, 0) is 18.4 Å². The number of rotatable bonds is 3. The van der Waals surface area contributed by atoms with Gasteiger partial charge in [0.15, 0.2) is 0 Å². The Morgan fingerprint density at radius 1 is 1.40 bits per heavy atom. The number of halogens is 1. The summed E-state index contributed by atoms with van der Waals surface area (Å²) in [4.78, 5) is 1.17. The van der Waals surface area contributed by atoms with Crippen LogP contribution in [0, 0.1) is 0 Å². The molecule has 3 nitrogen and oxygen atoms in total. The second-order valence-corrected chi connectivity index (χ2v) is 4.08. The Morgan fingerprint density at radius 2 is 2.20 bits per heavy atom. The van der Waals surface area contributed by atoms with E-state index in [0.717, 1.165) is 11.4 Å². The zero-order valence-electron chi connectivity index (χ0n) is 8.22. The van der Waals surface area contributed by atoms with Crippen LogP contribution in [0.5, 0.6) is 0 Å². The Labute approximate surface area is 97.4 Å². The van der Waals surface area contributed by atoms with Gasteiger partial charge in [-0.15, -0.1) is 28.5 Å². The molecule has 15 heavy (non-hydrogen) atoms. The Morgan fingerprint density at radius 3 is 2.87 bits per heavy atom. The van der Waals surface area contributed by atoms with E-state index in [1.807, 2.05) is 30.7 Å². The van der Waals surface area contributed by atoms with Crippen molar-refractivity contribution in [3.8, 4) is 5.69 Å². The molecular weight excluding hydrogens is 230 g/mol. The lowest BCUT2D eigenvalue weighted by Crippen LogP contribution is -1.96. The molecule has 5 heteroatoms. The van der Waals surface area contributed by atoms with Gasteiger partial charge in [0.25, 0.3) is 0 Å². The van der Waals surface area contributed by atoms with Crippen LogP contribution < -0.4 is 0 Å². The Balaban J connectivity index is 2.44. The molecule has 0 saturated heterocycles.